The van der Waals surface area contributed by atoms with Crippen molar-refractivity contribution in [1.29, 1.82) is 0 Å². The van der Waals surface area contributed by atoms with Crippen molar-refractivity contribution in [3.05, 3.63) is 0 Å². The first-order valence-electron chi connectivity index (χ1n) is 15.7. The molecule has 232 valence electrons. The Balaban J connectivity index is 4.14. The Morgan fingerprint density at radius 2 is 1.00 bits per heavy atom. The zero-order chi connectivity index (χ0) is 29.0. The average molecular weight is 579 g/mol. The number of phosphoric ester groups is 1. The van der Waals surface area contributed by atoms with Gasteiger partial charge in [0.2, 0.25) is 0 Å². The third-order valence-corrected chi connectivity index (χ3v) is 7.79. The standard InChI is InChI=1S/C30H59O8P/c1-4-6-8-10-12-14-15-17-19-21-23-25-30(32)38-28(27-37-39(33,34)35-3)26-36-29(31)24-22-20-18-16-13-11-9-7-5-2/h28H,4-27H2,1-3H3,(H,33,34). The van der Waals surface area contributed by atoms with E-state index in [2.05, 4.69) is 18.4 Å². The predicted molar refractivity (Wildman–Crippen MR) is 157 cm³/mol. The molecule has 0 amide bonds. The van der Waals surface area contributed by atoms with Crippen LogP contribution in [0.3, 0.4) is 0 Å². The molecule has 0 radical (unpaired) electrons. The largest absolute Gasteiger partial charge is 0.472 e. The van der Waals surface area contributed by atoms with Gasteiger partial charge in [-0.15, -0.1) is 0 Å². The minimum absolute atomic E-state index is 0.218. The molecule has 0 bridgehead atoms. The number of hydrogen-bond donors (Lipinski definition) is 1. The summed E-state index contributed by atoms with van der Waals surface area (Å²) >= 11 is 0. The highest BCUT2D eigenvalue weighted by Gasteiger charge is 2.24. The van der Waals surface area contributed by atoms with Gasteiger partial charge in [-0.2, -0.15) is 0 Å². The highest BCUT2D eigenvalue weighted by molar-refractivity contribution is 7.47. The normalized spacial score (nSPS) is 13.6. The molecule has 0 heterocycles. The van der Waals surface area contributed by atoms with Gasteiger partial charge in [0.25, 0.3) is 0 Å². The van der Waals surface area contributed by atoms with Gasteiger partial charge in [-0.1, -0.05) is 129 Å². The molecule has 0 aromatic rings. The van der Waals surface area contributed by atoms with Crippen LogP contribution in [0.4, 0.5) is 0 Å². The van der Waals surface area contributed by atoms with Crippen molar-refractivity contribution < 1.29 is 37.6 Å². The summed E-state index contributed by atoms with van der Waals surface area (Å²) < 4.78 is 31.6. The van der Waals surface area contributed by atoms with Crippen molar-refractivity contribution >= 4 is 19.8 Å². The summed E-state index contributed by atoms with van der Waals surface area (Å²) in [5.41, 5.74) is 0. The van der Waals surface area contributed by atoms with Crippen molar-refractivity contribution in [2.24, 2.45) is 0 Å². The fourth-order valence-corrected chi connectivity index (χ4v) is 4.82. The Morgan fingerprint density at radius 3 is 1.41 bits per heavy atom. The average Bonchev–Trinajstić information content (AvgIpc) is 2.92. The monoisotopic (exact) mass is 578 g/mol. The van der Waals surface area contributed by atoms with Crippen LogP contribution >= 0.6 is 7.82 Å². The molecule has 39 heavy (non-hydrogen) atoms. The van der Waals surface area contributed by atoms with E-state index in [1.165, 1.54) is 89.9 Å². The topological polar surface area (TPSA) is 108 Å². The summed E-state index contributed by atoms with van der Waals surface area (Å²) in [6.07, 6.45) is 23.0. The summed E-state index contributed by atoms with van der Waals surface area (Å²) in [4.78, 5) is 34.0. The Morgan fingerprint density at radius 1 is 0.615 bits per heavy atom. The van der Waals surface area contributed by atoms with Crippen LogP contribution in [0.2, 0.25) is 0 Å². The first-order valence-corrected chi connectivity index (χ1v) is 17.2. The minimum atomic E-state index is -4.24. The Kier molecular flexibility index (Phi) is 26.6. The maximum atomic E-state index is 12.3. The van der Waals surface area contributed by atoms with E-state index in [0.29, 0.717) is 6.42 Å². The van der Waals surface area contributed by atoms with Crippen LogP contribution in [-0.4, -0.2) is 43.3 Å². The fourth-order valence-electron chi connectivity index (χ4n) is 4.36. The molecule has 0 saturated heterocycles. The molecule has 8 nitrogen and oxygen atoms in total. The second-order valence-corrected chi connectivity index (χ2v) is 12.2. The van der Waals surface area contributed by atoms with Crippen LogP contribution in [0.5, 0.6) is 0 Å². The molecule has 0 aliphatic heterocycles. The lowest BCUT2D eigenvalue weighted by atomic mass is 10.1. The van der Waals surface area contributed by atoms with E-state index in [0.717, 1.165) is 45.6 Å². The molecule has 0 spiro atoms. The van der Waals surface area contributed by atoms with E-state index in [4.69, 9.17) is 14.0 Å². The zero-order valence-corrected chi connectivity index (χ0v) is 26.2. The quantitative estimate of drug-likeness (QED) is 0.0533. The molecule has 2 atom stereocenters. The van der Waals surface area contributed by atoms with Gasteiger partial charge in [0.1, 0.15) is 6.61 Å². The van der Waals surface area contributed by atoms with Crippen LogP contribution in [0, 0.1) is 0 Å². The van der Waals surface area contributed by atoms with Crippen LogP contribution in [0.25, 0.3) is 0 Å². The number of carbonyl (C=O) groups is 2. The summed E-state index contributed by atoms with van der Waals surface area (Å²) in [6, 6.07) is 0. The van der Waals surface area contributed by atoms with Gasteiger partial charge in [-0.25, -0.2) is 4.57 Å². The van der Waals surface area contributed by atoms with Crippen LogP contribution in [0.1, 0.15) is 155 Å². The third-order valence-electron chi connectivity index (χ3n) is 6.85. The molecule has 0 aliphatic rings. The third kappa shape index (κ3) is 27.0. The van der Waals surface area contributed by atoms with Crippen molar-refractivity contribution in [2.45, 2.75) is 161 Å². The van der Waals surface area contributed by atoms with E-state index in [9.17, 15) is 19.0 Å². The molecule has 0 aromatic heterocycles. The lowest BCUT2D eigenvalue weighted by Crippen LogP contribution is -2.29. The van der Waals surface area contributed by atoms with Crippen molar-refractivity contribution in [2.75, 3.05) is 20.3 Å². The maximum Gasteiger partial charge on any atom is 0.472 e. The van der Waals surface area contributed by atoms with Gasteiger partial charge in [0, 0.05) is 20.0 Å². The zero-order valence-electron chi connectivity index (χ0n) is 25.3. The number of hydrogen-bond acceptors (Lipinski definition) is 7. The van der Waals surface area contributed by atoms with Gasteiger partial charge in [0.05, 0.1) is 6.61 Å². The van der Waals surface area contributed by atoms with Crippen molar-refractivity contribution in [3.63, 3.8) is 0 Å². The maximum absolute atomic E-state index is 12.3. The van der Waals surface area contributed by atoms with Gasteiger partial charge in [0.15, 0.2) is 6.10 Å². The molecule has 2 unspecified atom stereocenters. The molecule has 0 saturated carbocycles. The summed E-state index contributed by atoms with van der Waals surface area (Å²) in [6.45, 7) is 3.83. The van der Waals surface area contributed by atoms with Gasteiger partial charge >= 0.3 is 19.8 Å². The van der Waals surface area contributed by atoms with E-state index in [1.54, 1.807) is 0 Å². The number of phosphoric acid groups is 1. The summed E-state index contributed by atoms with van der Waals surface area (Å²) in [7, 11) is -3.18. The Labute approximate surface area is 238 Å². The Hall–Kier alpha value is -0.950. The number of ether oxygens (including phenoxy) is 2. The molecular formula is C30H59O8P. The second-order valence-electron chi connectivity index (χ2n) is 10.6. The smallest absolute Gasteiger partial charge is 0.462 e. The number of carbonyl (C=O) groups excluding carboxylic acids is 2. The second kappa shape index (κ2) is 27.2. The number of esters is 2. The van der Waals surface area contributed by atoms with Crippen LogP contribution in [0.15, 0.2) is 0 Å². The minimum Gasteiger partial charge on any atom is -0.462 e. The van der Waals surface area contributed by atoms with Crippen molar-refractivity contribution in [3.8, 4) is 0 Å². The molecule has 9 heteroatoms. The molecular weight excluding hydrogens is 519 g/mol. The molecule has 0 fully saturated rings. The number of rotatable bonds is 29. The van der Waals surface area contributed by atoms with E-state index >= 15 is 0 Å². The highest BCUT2D eigenvalue weighted by atomic mass is 31.2. The molecule has 0 aromatic carbocycles. The summed E-state index contributed by atoms with van der Waals surface area (Å²) in [5, 5.41) is 0. The van der Waals surface area contributed by atoms with Crippen LogP contribution in [-0.2, 0) is 32.7 Å². The number of unbranched alkanes of at least 4 members (excludes halogenated alkanes) is 18. The predicted octanol–water partition coefficient (Wildman–Crippen LogP) is 8.83. The SMILES string of the molecule is CCCCCCCCCCCCCC(=O)OC(COC(=O)CCCCCCCCCCC)COP(=O)(O)OC. The van der Waals surface area contributed by atoms with E-state index < -0.39 is 26.5 Å². The van der Waals surface area contributed by atoms with E-state index in [-0.39, 0.29) is 19.0 Å². The van der Waals surface area contributed by atoms with Crippen molar-refractivity contribution in [1.82, 2.24) is 0 Å². The van der Waals surface area contributed by atoms with Gasteiger partial charge in [-0.3, -0.25) is 18.6 Å². The molecule has 1 N–H and O–H groups in total. The fraction of sp³-hybridized carbons (Fsp3) is 0.933. The lowest BCUT2D eigenvalue weighted by Gasteiger charge is -2.19. The first-order chi connectivity index (χ1) is 18.8. The molecule has 0 rings (SSSR count). The Bertz CT molecular complexity index is 628. The lowest BCUT2D eigenvalue weighted by molar-refractivity contribution is -0.161. The summed E-state index contributed by atoms with van der Waals surface area (Å²) in [5.74, 6) is -0.803. The van der Waals surface area contributed by atoms with Crippen LogP contribution < -0.4 is 0 Å². The van der Waals surface area contributed by atoms with Gasteiger partial charge in [-0.05, 0) is 12.8 Å². The first kappa shape index (κ1) is 38.0. The highest BCUT2D eigenvalue weighted by Crippen LogP contribution is 2.42. The van der Waals surface area contributed by atoms with Gasteiger partial charge < -0.3 is 14.4 Å². The van der Waals surface area contributed by atoms with E-state index in [1.807, 2.05) is 0 Å². The molecule has 0 aliphatic carbocycles.